The van der Waals surface area contributed by atoms with Crippen LogP contribution in [0.15, 0.2) is 41.1 Å². The van der Waals surface area contributed by atoms with Crippen molar-refractivity contribution in [2.24, 2.45) is 12.8 Å². The third-order valence-corrected chi connectivity index (χ3v) is 3.31. The summed E-state index contributed by atoms with van der Waals surface area (Å²) in [4.78, 5) is 0. The number of rotatable bonds is 3. The van der Waals surface area contributed by atoms with Crippen molar-refractivity contribution < 1.29 is 9.15 Å². The molecule has 2 aromatic heterocycles. The standard InChI is InChI=1S/C14H15N3O2/c1-17-14(12(18-2)7-16-17)13(15)10-8-19-11-6-4-3-5-9(10)11/h3-8,13H,15H2,1-2H3. The van der Waals surface area contributed by atoms with Crippen LogP contribution in [0, 0.1) is 0 Å². The molecule has 3 rings (SSSR count). The maximum Gasteiger partial charge on any atom is 0.161 e. The van der Waals surface area contributed by atoms with Crippen molar-refractivity contribution in [2.45, 2.75) is 6.04 Å². The summed E-state index contributed by atoms with van der Waals surface area (Å²) in [6, 6.07) is 7.48. The second-order valence-electron chi connectivity index (χ2n) is 4.39. The van der Waals surface area contributed by atoms with E-state index in [1.807, 2.05) is 31.3 Å². The third kappa shape index (κ3) is 1.79. The molecule has 0 amide bonds. The van der Waals surface area contributed by atoms with Crippen molar-refractivity contribution >= 4 is 11.0 Å². The summed E-state index contributed by atoms with van der Waals surface area (Å²) in [7, 11) is 3.46. The molecule has 0 spiro atoms. The predicted octanol–water partition coefficient (Wildman–Crippen LogP) is 2.22. The lowest BCUT2D eigenvalue weighted by Crippen LogP contribution is -2.16. The quantitative estimate of drug-likeness (QED) is 0.781. The highest BCUT2D eigenvalue weighted by Crippen LogP contribution is 2.32. The Hall–Kier alpha value is -2.27. The largest absolute Gasteiger partial charge is 0.493 e. The maximum atomic E-state index is 6.35. The monoisotopic (exact) mass is 257 g/mol. The number of fused-ring (bicyclic) bond motifs is 1. The molecule has 0 radical (unpaired) electrons. The van der Waals surface area contributed by atoms with Gasteiger partial charge >= 0.3 is 0 Å². The molecule has 0 aliphatic rings. The molecule has 2 heterocycles. The molecule has 0 bridgehead atoms. The number of methoxy groups -OCH3 is 1. The van der Waals surface area contributed by atoms with E-state index >= 15 is 0 Å². The van der Waals surface area contributed by atoms with Crippen LogP contribution in [-0.2, 0) is 7.05 Å². The summed E-state index contributed by atoms with van der Waals surface area (Å²) in [6.45, 7) is 0. The molecule has 0 aliphatic carbocycles. The van der Waals surface area contributed by atoms with E-state index in [2.05, 4.69) is 5.10 Å². The van der Waals surface area contributed by atoms with Gasteiger partial charge in [0.25, 0.3) is 0 Å². The van der Waals surface area contributed by atoms with Crippen LogP contribution in [0.25, 0.3) is 11.0 Å². The summed E-state index contributed by atoms with van der Waals surface area (Å²) < 4.78 is 12.6. The highest BCUT2D eigenvalue weighted by Gasteiger charge is 2.22. The Labute approximate surface area is 110 Å². The van der Waals surface area contributed by atoms with Crippen molar-refractivity contribution in [3.63, 3.8) is 0 Å². The molecule has 98 valence electrons. The molecule has 0 saturated carbocycles. The van der Waals surface area contributed by atoms with E-state index in [1.54, 1.807) is 24.3 Å². The molecule has 19 heavy (non-hydrogen) atoms. The molecule has 1 atom stereocenters. The van der Waals surface area contributed by atoms with Gasteiger partial charge in [-0.1, -0.05) is 18.2 Å². The Morgan fingerprint density at radius 3 is 2.95 bits per heavy atom. The number of benzene rings is 1. The first kappa shape index (κ1) is 11.8. The average Bonchev–Trinajstić information content (AvgIpc) is 3.01. The second-order valence-corrected chi connectivity index (χ2v) is 4.39. The van der Waals surface area contributed by atoms with Gasteiger partial charge in [0, 0.05) is 18.0 Å². The van der Waals surface area contributed by atoms with E-state index in [1.165, 1.54) is 0 Å². The average molecular weight is 257 g/mol. The van der Waals surface area contributed by atoms with Gasteiger partial charge in [-0.15, -0.1) is 0 Å². The molecule has 1 unspecified atom stereocenters. The topological polar surface area (TPSA) is 66.2 Å². The Morgan fingerprint density at radius 2 is 2.16 bits per heavy atom. The van der Waals surface area contributed by atoms with Crippen LogP contribution in [0.1, 0.15) is 17.3 Å². The van der Waals surface area contributed by atoms with Gasteiger partial charge in [0.15, 0.2) is 5.75 Å². The minimum Gasteiger partial charge on any atom is -0.493 e. The van der Waals surface area contributed by atoms with E-state index in [0.717, 1.165) is 22.2 Å². The highest BCUT2D eigenvalue weighted by atomic mass is 16.5. The molecule has 3 aromatic rings. The minimum atomic E-state index is -0.342. The molecule has 0 fully saturated rings. The Balaban J connectivity index is 2.13. The van der Waals surface area contributed by atoms with Gasteiger partial charge in [-0.3, -0.25) is 4.68 Å². The van der Waals surface area contributed by atoms with Gasteiger partial charge in [-0.2, -0.15) is 5.10 Å². The molecule has 1 aromatic carbocycles. The maximum absolute atomic E-state index is 6.35. The molecule has 5 nitrogen and oxygen atoms in total. The lowest BCUT2D eigenvalue weighted by molar-refractivity contribution is 0.406. The van der Waals surface area contributed by atoms with Gasteiger partial charge in [0.05, 0.1) is 25.6 Å². The number of hydrogen-bond acceptors (Lipinski definition) is 4. The Bertz CT molecular complexity index is 714. The summed E-state index contributed by atoms with van der Waals surface area (Å²) in [5.74, 6) is 0.681. The third-order valence-electron chi connectivity index (χ3n) is 3.31. The molecular weight excluding hydrogens is 242 g/mol. The van der Waals surface area contributed by atoms with E-state index < -0.39 is 0 Å². The summed E-state index contributed by atoms with van der Waals surface area (Å²) in [5.41, 5.74) is 8.93. The van der Waals surface area contributed by atoms with E-state index in [9.17, 15) is 0 Å². The Morgan fingerprint density at radius 1 is 1.37 bits per heavy atom. The number of para-hydroxylation sites is 1. The highest BCUT2D eigenvalue weighted by molar-refractivity contribution is 5.81. The number of nitrogens with zero attached hydrogens (tertiary/aromatic N) is 2. The van der Waals surface area contributed by atoms with Crippen molar-refractivity contribution in [3.8, 4) is 5.75 Å². The van der Waals surface area contributed by atoms with E-state index in [0.29, 0.717) is 5.75 Å². The smallest absolute Gasteiger partial charge is 0.161 e. The lowest BCUT2D eigenvalue weighted by atomic mass is 10.0. The van der Waals surface area contributed by atoms with Gasteiger partial charge in [0.1, 0.15) is 11.3 Å². The van der Waals surface area contributed by atoms with E-state index in [-0.39, 0.29) is 6.04 Å². The van der Waals surface area contributed by atoms with Crippen LogP contribution in [-0.4, -0.2) is 16.9 Å². The number of nitrogens with two attached hydrogens (primary N) is 1. The van der Waals surface area contributed by atoms with Crippen LogP contribution < -0.4 is 10.5 Å². The second kappa shape index (κ2) is 4.44. The van der Waals surface area contributed by atoms with Gasteiger partial charge in [-0.25, -0.2) is 0 Å². The fourth-order valence-corrected chi connectivity index (χ4v) is 2.33. The molecular formula is C14H15N3O2. The number of aromatic nitrogens is 2. The van der Waals surface area contributed by atoms with Crippen LogP contribution in [0.5, 0.6) is 5.75 Å². The van der Waals surface area contributed by atoms with Crippen LogP contribution in [0.3, 0.4) is 0 Å². The minimum absolute atomic E-state index is 0.342. The first-order valence-electron chi connectivity index (χ1n) is 6.00. The molecule has 5 heteroatoms. The lowest BCUT2D eigenvalue weighted by Gasteiger charge is -2.12. The fourth-order valence-electron chi connectivity index (χ4n) is 2.33. The SMILES string of the molecule is COc1cnn(C)c1C(N)c1coc2ccccc12. The van der Waals surface area contributed by atoms with Gasteiger partial charge in [0.2, 0.25) is 0 Å². The first-order chi connectivity index (χ1) is 9.22. The van der Waals surface area contributed by atoms with Gasteiger partial charge < -0.3 is 14.9 Å². The van der Waals surface area contributed by atoms with Crippen molar-refractivity contribution in [2.75, 3.05) is 7.11 Å². The van der Waals surface area contributed by atoms with Crippen molar-refractivity contribution in [1.29, 1.82) is 0 Å². The summed E-state index contributed by atoms with van der Waals surface area (Å²) in [6.07, 6.45) is 3.36. The zero-order valence-electron chi connectivity index (χ0n) is 10.8. The molecule has 2 N–H and O–H groups in total. The van der Waals surface area contributed by atoms with E-state index in [4.69, 9.17) is 14.9 Å². The summed E-state index contributed by atoms with van der Waals surface area (Å²) >= 11 is 0. The number of ether oxygens (including phenoxy) is 1. The van der Waals surface area contributed by atoms with Crippen molar-refractivity contribution in [1.82, 2.24) is 9.78 Å². The number of furan rings is 1. The molecule has 0 saturated heterocycles. The predicted molar refractivity (Wildman–Crippen MR) is 72.0 cm³/mol. The van der Waals surface area contributed by atoms with Crippen LogP contribution >= 0.6 is 0 Å². The Kier molecular flexibility index (Phi) is 2.76. The fraction of sp³-hybridized carbons (Fsp3) is 0.214. The molecule has 0 aliphatic heterocycles. The first-order valence-corrected chi connectivity index (χ1v) is 6.00. The number of hydrogen-bond donors (Lipinski definition) is 1. The zero-order chi connectivity index (χ0) is 13.4. The van der Waals surface area contributed by atoms with Crippen LogP contribution in [0.2, 0.25) is 0 Å². The number of aryl methyl sites for hydroxylation is 1. The normalized spacial score (nSPS) is 12.8. The summed E-state index contributed by atoms with van der Waals surface area (Å²) in [5, 5.41) is 5.19. The zero-order valence-corrected chi connectivity index (χ0v) is 10.8. The van der Waals surface area contributed by atoms with Gasteiger partial charge in [-0.05, 0) is 6.07 Å². The van der Waals surface area contributed by atoms with Crippen molar-refractivity contribution in [3.05, 3.63) is 48.0 Å². The van der Waals surface area contributed by atoms with Crippen LogP contribution in [0.4, 0.5) is 0 Å².